The number of rotatable bonds is 7. The van der Waals surface area contributed by atoms with E-state index < -0.39 is 0 Å². The van der Waals surface area contributed by atoms with Crippen LogP contribution in [0.3, 0.4) is 0 Å². The monoisotopic (exact) mass is 264 g/mol. The largest absolute Gasteiger partial charge is 0.334 e. The molecule has 0 saturated carbocycles. The summed E-state index contributed by atoms with van der Waals surface area (Å²) in [5.41, 5.74) is 1.42. The van der Waals surface area contributed by atoms with Gasteiger partial charge in [0.1, 0.15) is 0 Å². The Balaban J connectivity index is 1.85. The van der Waals surface area contributed by atoms with Crippen molar-refractivity contribution in [1.82, 2.24) is 19.8 Å². The lowest BCUT2D eigenvalue weighted by Crippen LogP contribution is -2.30. The molecule has 108 valence electrons. The zero-order chi connectivity index (χ0) is 13.5. The number of hydrogen-bond donors (Lipinski definition) is 1. The zero-order valence-electron chi connectivity index (χ0n) is 12.4. The average Bonchev–Trinajstić information content (AvgIpc) is 2.93. The number of piperidine rings is 1. The number of aromatic nitrogens is 2. The van der Waals surface area contributed by atoms with E-state index in [0.29, 0.717) is 5.92 Å². The molecule has 1 aliphatic heterocycles. The Hall–Kier alpha value is -0.870. The van der Waals surface area contributed by atoms with Crippen LogP contribution in [0.2, 0.25) is 0 Å². The molecule has 0 bridgehead atoms. The minimum Gasteiger partial charge on any atom is -0.334 e. The first-order valence-corrected chi connectivity index (χ1v) is 7.78. The molecule has 1 aliphatic rings. The van der Waals surface area contributed by atoms with Crippen molar-refractivity contribution in [2.75, 3.05) is 32.7 Å². The molecule has 0 spiro atoms. The van der Waals surface area contributed by atoms with Crippen LogP contribution in [0.25, 0.3) is 0 Å². The van der Waals surface area contributed by atoms with E-state index in [9.17, 15) is 0 Å². The normalized spacial score (nSPS) is 20.1. The van der Waals surface area contributed by atoms with E-state index in [1.807, 2.05) is 6.33 Å². The van der Waals surface area contributed by atoms with Crippen LogP contribution in [0.1, 0.15) is 44.7 Å². The van der Waals surface area contributed by atoms with E-state index in [1.54, 1.807) is 0 Å². The van der Waals surface area contributed by atoms with Crippen LogP contribution in [0, 0.1) is 0 Å². The van der Waals surface area contributed by atoms with E-state index in [-0.39, 0.29) is 0 Å². The number of hydrogen-bond acceptors (Lipinski definition) is 3. The van der Waals surface area contributed by atoms with Gasteiger partial charge in [0.15, 0.2) is 0 Å². The van der Waals surface area contributed by atoms with Crippen molar-refractivity contribution in [1.29, 1.82) is 0 Å². The maximum atomic E-state index is 4.36. The molecule has 2 heterocycles. The molecular weight excluding hydrogens is 236 g/mol. The van der Waals surface area contributed by atoms with E-state index in [2.05, 4.69) is 39.8 Å². The van der Waals surface area contributed by atoms with Crippen LogP contribution < -0.4 is 5.32 Å². The van der Waals surface area contributed by atoms with Gasteiger partial charge in [-0.05, 0) is 45.4 Å². The van der Waals surface area contributed by atoms with Gasteiger partial charge in [-0.3, -0.25) is 0 Å². The Morgan fingerprint density at radius 2 is 2.26 bits per heavy atom. The summed E-state index contributed by atoms with van der Waals surface area (Å²) >= 11 is 0. The van der Waals surface area contributed by atoms with E-state index in [4.69, 9.17) is 0 Å². The Bertz CT molecular complexity index is 351. The fourth-order valence-electron chi connectivity index (χ4n) is 2.97. The van der Waals surface area contributed by atoms with Crippen LogP contribution in [-0.4, -0.2) is 47.2 Å². The summed E-state index contributed by atoms with van der Waals surface area (Å²) < 4.78 is 2.36. The number of imidazole rings is 1. The molecule has 19 heavy (non-hydrogen) atoms. The van der Waals surface area contributed by atoms with Crippen LogP contribution in [0.4, 0.5) is 0 Å². The van der Waals surface area contributed by atoms with Crippen molar-refractivity contribution in [3.63, 3.8) is 0 Å². The molecule has 1 atom stereocenters. The summed E-state index contributed by atoms with van der Waals surface area (Å²) in [6.45, 7) is 11.4. The van der Waals surface area contributed by atoms with E-state index >= 15 is 0 Å². The molecule has 1 fully saturated rings. The van der Waals surface area contributed by atoms with Crippen molar-refractivity contribution < 1.29 is 0 Å². The molecule has 1 N–H and O–H groups in total. The lowest BCUT2D eigenvalue weighted by Gasteiger charge is -2.24. The van der Waals surface area contributed by atoms with Gasteiger partial charge in [-0.1, -0.05) is 13.8 Å². The van der Waals surface area contributed by atoms with Crippen LogP contribution in [0.15, 0.2) is 12.5 Å². The second-order valence-corrected chi connectivity index (χ2v) is 5.44. The Labute approximate surface area is 117 Å². The SMILES string of the molecule is CCN(CC)CCCn1cncc1C1CCCNC1. The Morgan fingerprint density at radius 3 is 2.95 bits per heavy atom. The first kappa shape index (κ1) is 14.5. The van der Waals surface area contributed by atoms with Crippen molar-refractivity contribution in [3.8, 4) is 0 Å². The highest BCUT2D eigenvalue weighted by Gasteiger charge is 2.18. The van der Waals surface area contributed by atoms with Gasteiger partial charge in [0.25, 0.3) is 0 Å². The maximum absolute atomic E-state index is 4.36. The second-order valence-electron chi connectivity index (χ2n) is 5.44. The molecular formula is C15H28N4. The Kier molecular flexibility index (Phi) is 5.86. The zero-order valence-corrected chi connectivity index (χ0v) is 12.4. The molecule has 0 amide bonds. The fourth-order valence-corrected chi connectivity index (χ4v) is 2.97. The molecule has 1 saturated heterocycles. The molecule has 2 rings (SSSR count). The standard InChI is InChI=1S/C15H28N4/c1-3-18(4-2)9-6-10-19-13-17-12-15(19)14-7-5-8-16-11-14/h12-14,16H,3-11H2,1-2H3. The quantitative estimate of drug-likeness (QED) is 0.818. The van der Waals surface area contributed by atoms with Crippen LogP contribution in [-0.2, 0) is 6.54 Å². The number of aryl methyl sites for hydroxylation is 1. The third-order valence-corrected chi connectivity index (χ3v) is 4.23. The predicted octanol–water partition coefficient (Wildman–Crippen LogP) is 2.08. The topological polar surface area (TPSA) is 33.1 Å². The highest BCUT2D eigenvalue weighted by molar-refractivity contribution is 5.08. The lowest BCUT2D eigenvalue weighted by atomic mass is 9.96. The lowest BCUT2D eigenvalue weighted by molar-refractivity contribution is 0.292. The van der Waals surface area contributed by atoms with Gasteiger partial charge in [0.05, 0.1) is 6.33 Å². The van der Waals surface area contributed by atoms with Gasteiger partial charge < -0.3 is 14.8 Å². The summed E-state index contributed by atoms with van der Waals surface area (Å²) in [6, 6.07) is 0. The third-order valence-electron chi connectivity index (χ3n) is 4.23. The molecule has 1 unspecified atom stereocenters. The van der Waals surface area contributed by atoms with Gasteiger partial charge in [-0.15, -0.1) is 0 Å². The molecule has 1 aromatic rings. The first-order chi connectivity index (χ1) is 9.35. The van der Waals surface area contributed by atoms with Crippen molar-refractivity contribution in [2.24, 2.45) is 0 Å². The maximum Gasteiger partial charge on any atom is 0.0948 e. The van der Waals surface area contributed by atoms with Crippen molar-refractivity contribution >= 4 is 0 Å². The number of nitrogens with zero attached hydrogens (tertiary/aromatic N) is 3. The molecule has 4 nitrogen and oxygen atoms in total. The molecule has 1 aromatic heterocycles. The van der Waals surface area contributed by atoms with E-state index in [0.717, 1.165) is 26.2 Å². The van der Waals surface area contributed by atoms with Crippen molar-refractivity contribution in [2.45, 2.75) is 45.6 Å². The van der Waals surface area contributed by atoms with E-state index in [1.165, 1.54) is 38.0 Å². The molecule has 0 radical (unpaired) electrons. The van der Waals surface area contributed by atoms with Gasteiger partial charge in [-0.25, -0.2) is 4.98 Å². The summed E-state index contributed by atoms with van der Waals surface area (Å²) in [7, 11) is 0. The average molecular weight is 264 g/mol. The van der Waals surface area contributed by atoms with Crippen LogP contribution in [0.5, 0.6) is 0 Å². The Morgan fingerprint density at radius 1 is 1.42 bits per heavy atom. The smallest absolute Gasteiger partial charge is 0.0948 e. The fraction of sp³-hybridized carbons (Fsp3) is 0.800. The summed E-state index contributed by atoms with van der Waals surface area (Å²) in [5.74, 6) is 0.657. The van der Waals surface area contributed by atoms with Gasteiger partial charge in [-0.2, -0.15) is 0 Å². The summed E-state index contributed by atoms with van der Waals surface area (Å²) in [4.78, 5) is 6.84. The molecule has 0 aliphatic carbocycles. The summed E-state index contributed by atoms with van der Waals surface area (Å²) in [6.07, 6.45) is 7.87. The number of nitrogens with one attached hydrogen (secondary N) is 1. The highest BCUT2D eigenvalue weighted by Crippen LogP contribution is 2.22. The van der Waals surface area contributed by atoms with Crippen molar-refractivity contribution in [3.05, 3.63) is 18.2 Å². The first-order valence-electron chi connectivity index (χ1n) is 7.78. The highest BCUT2D eigenvalue weighted by atomic mass is 15.1. The molecule has 0 aromatic carbocycles. The summed E-state index contributed by atoms with van der Waals surface area (Å²) in [5, 5.41) is 3.49. The minimum atomic E-state index is 0.657. The third kappa shape index (κ3) is 4.05. The predicted molar refractivity (Wildman–Crippen MR) is 79.5 cm³/mol. The molecule has 4 heteroatoms. The van der Waals surface area contributed by atoms with Gasteiger partial charge in [0.2, 0.25) is 0 Å². The van der Waals surface area contributed by atoms with Gasteiger partial charge >= 0.3 is 0 Å². The van der Waals surface area contributed by atoms with Gasteiger partial charge in [0, 0.05) is 30.9 Å². The van der Waals surface area contributed by atoms with Crippen LogP contribution >= 0.6 is 0 Å². The minimum absolute atomic E-state index is 0.657. The second kappa shape index (κ2) is 7.65.